The van der Waals surface area contributed by atoms with E-state index in [1.54, 1.807) is 17.0 Å². The fraction of sp³-hybridized carbons (Fsp3) is 0.562. The summed E-state index contributed by atoms with van der Waals surface area (Å²) in [6.07, 6.45) is 0.891. The Morgan fingerprint density at radius 2 is 1.90 bits per heavy atom. The highest BCUT2D eigenvalue weighted by atomic mass is 19.1. The first-order valence-electron chi connectivity index (χ1n) is 7.58. The summed E-state index contributed by atoms with van der Waals surface area (Å²) < 4.78 is 13.8. The Morgan fingerprint density at radius 3 is 2.48 bits per heavy atom. The van der Waals surface area contributed by atoms with Crippen LogP contribution >= 0.6 is 0 Å². The number of amides is 1. The van der Waals surface area contributed by atoms with E-state index in [2.05, 4.69) is 0 Å². The molecule has 1 amide bonds. The van der Waals surface area contributed by atoms with Gasteiger partial charge in [0.1, 0.15) is 5.82 Å². The smallest absolute Gasteiger partial charge is 0.239 e. The minimum absolute atomic E-state index is 0.0116. The lowest BCUT2D eigenvalue weighted by Gasteiger charge is -2.37. The maximum Gasteiger partial charge on any atom is 0.239 e. The Labute approximate surface area is 125 Å². The van der Waals surface area contributed by atoms with Crippen molar-refractivity contribution in [2.75, 3.05) is 31.1 Å². The zero-order valence-electron chi connectivity index (χ0n) is 12.8. The van der Waals surface area contributed by atoms with Crippen LogP contribution in [-0.2, 0) is 4.79 Å². The van der Waals surface area contributed by atoms with Gasteiger partial charge < -0.3 is 15.5 Å². The molecule has 0 saturated carbocycles. The molecule has 0 radical (unpaired) electrons. The minimum atomic E-state index is -0.435. The Bertz CT molecular complexity index is 486. The number of rotatable bonds is 4. The molecule has 0 aromatic heterocycles. The molecule has 1 aromatic carbocycles. The van der Waals surface area contributed by atoms with Crippen molar-refractivity contribution in [2.45, 2.75) is 26.3 Å². The van der Waals surface area contributed by atoms with Crippen LogP contribution in [0.3, 0.4) is 0 Å². The second kappa shape index (κ2) is 6.89. The van der Waals surface area contributed by atoms with Crippen LogP contribution < -0.4 is 10.6 Å². The van der Waals surface area contributed by atoms with Gasteiger partial charge in [0.15, 0.2) is 0 Å². The number of carbonyl (C=O) groups excluding carboxylic acids is 1. The number of halogens is 1. The van der Waals surface area contributed by atoms with Gasteiger partial charge in [-0.25, -0.2) is 4.39 Å². The second-order valence-electron chi connectivity index (χ2n) is 5.68. The Hall–Kier alpha value is -1.62. The molecular formula is C16H24FN3O. The van der Waals surface area contributed by atoms with Crippen LogP contribution in [0.4, 0.5) is 10.1 Å². The lowest BCUT2D eigenvalue weighted by molar-refractivity contribution is -0.134. The van der Waals surface area contributed by atoms with Gasteiger partial charge >= 0.3 is 0 Å². The van der Waals surface area contributed by atoms with E-state index in [0.29, 0.717) is 31.9 Å². The van der Waals surface area contributed by atoms with E-state index in [0.717, 1.165) is 6.42 Å². The molecule has 2 atom stereocenters. The predicted octanol–water partition coefficient (Wildman–Crippen LogP) is 1.85. The summed E-state index contributed by atoms with van der Waals surface area (Å²) in [4.78, 5) is 16.1. The van der Waals surface area contributed by atoms with Crippen LogP contribution in [0.2, 0.25) is 0 Å². The van der Waals surface area contributed by atoms with Gasteiger partial charge in [0, 0.05) is 26.2 Å². The molecule has 2 N–H and O–H groups in total. The summed E-state index contributed by atoms with van der Waals surface area (Å²) in [5.74, 6) is -0.0202. The Morgan fingerprint density at radius 1 is 1.29 bits per heavy atom. The van der Waals surface area contributed by atoms with E-state index in [9.17, 15) is 9.18 Å². The maximum absolute atomic E-state index is 13.8. The van der Waals surface area contributed by atoms with Crippen molar-refractivity contribution in [3.63, 3.8) is 0 Å². The quantitative estimate of drug-likeness (QED) is 0.921. The topological polar surface area (TPSA) is 49.6 Å². The van der Waals surface area contributed by atoms with Crippen molar-refractivity contribution in [3.8, 4) is 0 Å². The lowest BCUT2D eigenvalue weighted by Crippen LogP contribution is -2.54. The SMILES string of the molecule is CCC(C)C(N)C(=O)N1CCN(c2ccccc2F)CC1. The number of hydrogen-bond donors (Lipinski definition) is 1. The molecule has 1 fully saturated rings. The summed E-state index contributed by atoms with van der Waals surface area (Å²) in [5.41, 5.74) is 6.61. The number of piperazine rings is 1. The second-order valence-corrected chi connectivity index (χ2v) is 5.68. The molecule has 1 aromatic rings. The largest absolute Gasteiger partial charge is 0.366 e. The van der Waals surface area contributed by atoms with Crippen molar-refractivity contribution in [1.29, 1.82) is 0 Å². The predicted molar refractivity (Wildman–Crippen MR) is 82.6 cm³/mol. The highest BCUT2D eigenvalue weighted by Crippen LogP contribution is 2.20. The van der Waals surface area contributed by atoms with Crippen LogP contribution in [-0.4, -0.2) is 43.0 Å². The molecule has 4 nitrogen and oxygen atoms in total. The van der Waals surface area contributed by atoms with Gasteiger partial charge in [0.05, 0.1) is 11.7 Å². The highest BCUT2D eigenvalue weighted by molar-refractivity contribution is 5.82. The van der Waals surface area contributed by atoms with E-state index < -0.39 is 6.04 Å². The standard InChI is InChI=1S/C16H24FN3O/c1-3-12(2)15(18)16(21)20-10-8-19(9-11-20)14-7-5-4-6-13(14)17/h4-7,12,15H,3,8-11,18H2,1-2H3. The summed E-state index contributed by atoms with van der Waals surface area (Å²) >= 11 is 0. The number of para-hydroxylation sites is 1. The van der Waals surface area contributed by atoms with Gasteiger partial charge in [-0.15, -0.1) is 0 Å². The fourth-order valence-electron chi connectivity index (χ4n) is 2.58. The summed E-state index contributed by atoms with van der Waals surface area (Å²) in [5, 5.41) is 0. The zero-order chi connectivity index (χ0) is 15.4. The van der Waals surface area contributed by atoms with Crippen molar-refractivity contribution in [3.05, 3.63) is 30.1 Å². The van der Waals surface area contributed by atoms with E-state index in [1.165, 1.54) is 6.07 Å². The Kier molecular flexibility index (Phi) is 5.17. The Balaban J connectivity index is 1.94. The molecule has 1 aliphatic rings. The normalized spacial score (nSPS) is 18.5. The average Bonchev–Trinajstić information content (AvgIpc) is 2.53. The van der Waals surface area contributed by atoms with E-state index in [1.807, 2.05) is 24.8 Å². The third-order valence-corrected chi connectivity index (χ3v) is 4.33. The van der Waals surface area contributed by atoms with Crippen LogP contribution in [0.5, 0.6) is 0 Å². The minimum Gasteiger partial charge on any atom is -0.366 e. The van der Waals surface area contributed by atoms with E-state index >= 15 is 0 Å². The van der Waals surface area contributed by atoms with Gasteiger partial charge in [0.25, 0.3) is 0 Å². The molecule has 2 unspecified atom stereocenters. The number of anilines is 1. The highest BCUT2D eigenvalue weighted by Gasteiger charge is 2.28. The molecule has 0 aliphatic carbocycles. The third kappa shape index (κ3) is 3.53. The third-order valence-electron chi connectivity index (χ3n) is 4.33. The molecular weight excluding hydrogens is 269 g/mol. The zero-order valence-corrected chi connectivity index (χ0v) is 12.8. The number of nitrogens with zero attached hydrogens (tertiary/aromatic N) is 2. The molecule has 2 rings (SSSR count). The van der Waals surface area contributed by atoms with Gasteiger partial charge in [-0.1, -0.05) is 32.4 Å². The first-order chi connectivity index (χ1) is 10.0. The van der Waals surface area contributed by atoms with Crippen molar-refractivity contribution < 1.29 is 9.18 Å². The van der Waals surface area contributed by atoms with Crippen LogP contribution in [0.15, 0.2) is 24.3 Å². The molecule has 116 valence electrons. The van der Waals surface area contributed by atoms with E-state index in [4.69, 9.17) is 5.73 Å². The first kappa shape index (κ1) is 15.8. The molecule has 1 saturated heterocycles. The van der Waals surface area contributed by atoms with E-state index in [-0.39, 0.29) is 17.6 Å². The monoisotopic (exact) mass is 293 g/mol. The number of hydrogen-bond acceptors (Lipinski definition) is 3. The molecule has 0 spiro atoms. The molecule has 1 aliphatic heterocycles. The number of nitrogens with two attached hydrogens (primary N) is 1. The number of benzene rings is 1. The lowest BCUT2D eigenvalue weighted by atomic mass is 9.98. The summed E-state index contributed by atoms with van der Waals surface area (Å²) in [6, 6.07) is 6.32. The van der Waals surface area contributed by atoms with Gasteiger partial charge in [-0.2, -0.15) is 0 Å². The van der Waals surface area contributed by atoms with Crippen LogP contribution in [0.25, 0.3) is 0 Å². The maximum atomic E-state index is 13.8. The van der Waals surface area contributed by atoms with Gasteiger partial charge in [-0.05, 0) is 18.1 Å². The van der Waals surface area contributed by atoms with Crippen molar-refractivity contribution in [2.24, 2.45) is 11.7 Å². The molecule has 1 heterocycles. The number of carbonyl (C=O) groups is 1. The van der Waals surface area contributed by atoms with Crippen molar-refractivity contribution >= 4 is 11.6 Å². The van der Waals surface area contributed by atoms with Crippen LogP contribution in [0, 0.1) is 11.7 Å². The molecule has 21 heavy (non-hydrogen) atoms. The van der Waals surface area contributed by atoms with Crippen LogP contribution in [0.1, 0.15) is 20.3 Å². The summed E-state index contributed by atoms with van der Waals surface area (Å²) in [6.45, 7) is 6.50. The average molecular weight is 293 g/mol. The van der Waals surface area contributed by atoms with Crippen molar-refractivity contribution in [1.82, 2.24) is 4.90 Å². The first-order valence-corrected chi connectivity index (χ1v) is 7.58. The summed E-state index contributed by atoms with van der Waals surface area (Å²) in [7, 11) is 0. The molecule has 0 bridgehead atoms. The fourth-order valence-corrected chi connectivity index (χ4v) is 2.58. The van der Waals surface area contributed by atoms with Gasteiger partial charge in [-0.3, -0.25) is 4.79 Å². The van der Waals surface area contributed by atoms with Gasteiger partial charge in [0.2, 0.25) is 5.91 Å². The molecule has 5 heteroatoms.